The van der Waals surface area contributed by atoms with Crippen LogP contribution in [0, 0.1) is 6.92 Å². The molecular weight excluding hydrogens is 348 g/mol. The summed E-state index contributed by atoms with van der Waals surface area (Å²) in [6.45, 7) is 4.38. The van der Waals surface area contributed by atoms with E-state index in [0.717, 1.165) is 34.9 Å². The third-order valence-electron chi connectivity index (χ3n) is 6.06. The summed E-state index contributed by atoms with van der Waals surface area (Å²) in [5.74, 6) is 2.94. The SMILES string of the molecule is Cc1ccc2c(c1N1c3nccnc3N(C)[C@@H]1C)Cc1nc3ccccc3n1-2. The lowest BCUT2D eigenvalue weighted by atomic mass is 10.0. The Morgan fingerprint density at radius 1 is 1.00 bits per heavy atom. The molecule has 0 spiro atoms. The second kappa shape index (κ2) is 5.32. The van der Waals surface area contributed by atoms with Crippen molar-refractivity contribution < 1.29 is 0 Å². The molecule has 4 aromatic rings. The van der Waals surface area contributed by atoms with E-state index in [-0.39, 0.29) is 6.17 Å². The van der Waals surface area contributed by atoms with E-state index in [0.29, 0.717) is 0 Å². The fourth-order valence-electron chi connectivity index (χ4n) is 4.65. The van der Waals surface area contributed by atoms with Gasteiger partial charge in [-0.1, -0.05) is 18.2 Å². The largest absolute Gasteiger partial charge is 0.336 e. The Hall–Kier alpha value is -3.41. The zero-order valence-corrected chi connectivity index (χ0v) is 16.1. The van der Waals surface area contributed by atoms with Crippen molar-refractivity contribution >= 4 is 28.4 Å². The second-order valence-corrected chi connectivity index (χ2v) is 7.57. The highest BCUT2D eigenvalue weighted by atomic mass is 15.5. The summed E-state index contributed by atoms with van der Waals surface area (Å²) in [7, 11) is 2.08. The molecule has 4 heterocycles. The van der Waals surface area contributed by atoms with Crippen molar-refractivity contribution in [3.63, 3.8) is 0 Å². The Kier molecular flexibility index (Phi) is 2.97. The molecule has 0 unspecified atom stereocenters. The van der Waals surface area contributed by atoms with Gasteiger partial charge in [0.05, 0.1) is 22.4 Å². The summed E-state index contributed by atoms with van der Waals surface area (Å²) in [6.07, 6.45) is 4.50. The van der Waals surface area contributed by atoms with Gasteiger partial charge in [-0.25, -0.2) is 15.0 Å². The van der Waals surface area contributed by atoms with Gasteiger partial charge in [0.25, 0.3) is 0 Å². The molecule has 6 nitrogen and oxygen atoms in total. The highest BCUT2D eigenvalue weighted by Gasteiger charge is 2.37. The second-order valence-electron chi connectivity index (χ2n) is 7.57. The number of benzene rings is 2. The van der Waals surface area contributed by atoms with Crippen molar-refractivity contribution in [1.82, 2.24) is 19.5 Å². The normalized spacial score (nSPS) is 17.2. The quantitative estimate of drug-likeness (QED) is 0.448. The zero-order valence-electron chi connectivity index (χ0n) is 16.1. The molecule has 0 amide bonds. The maximum atomic E-state index is 4.89. The van der Waals surface area contributed by atoms with Gasteiger partial charge < -0.3 is 9.80 Å². The van der Waals surface area contributed by atoms with Crippen molar-refractivity contribution in [2.45, 2.75) is 26.4 Å². The first kappa shape index (κ1) is 15.6. The molecule has 2 aliphatic heterocycles. The van der Waals surface area contributed by atoms with Crippen LogP contribution < -0.4 is 9.80 Å². The molecule has 0 radical (unpaired) electrons. The minimum atomic E-state index is 0.146. The molecule has 2 aromatic carbocycles. The number of hydrogen-bond donors (Lipinski definition) is 0. The van der Waals surface area contributed by atoms with Gasteiger partial charge in [-0.3, -0.25) is 4.57 Å². The first-order valence-electron chi connectivity index (χ1n) is 9.57. The minimum Gasteiger partial charge on any atom is -0.336 e. The number of rotatable bonds is 1. The summed E-state index contributed by atoms with van der Waals surface area (Å²) < 4.78 is 2.30. The maximum Gasteiger partial charge on any atom is 0.178 e. The van der Waals surface area contributed by atoms with Crippen molar-refractivity contribution in [2.24, 2.45) is 0 Å². The average molecular weight is 368 g/mol. The van der Waals surface area contributed by atoms with Crippen LogP contribution in [0.15, 0.2) is 48.8 Å². The van der Waals surface area contributed by atoms with E-state index in [1.165, 1.54) is 22.5 Å². The summed E-state index contributed by atoms with van der Waals surface area (Å²) >= 11 is 0. The summed E-state index contributed by atoms with van der Waals surface area (Å²) in [4.78, 5) is 18.6. The summed E-state index contributed by atoms with van der Waals surface area (Å²) in [6, 6.07) is 12.8. The van der Waals surface area contributed by atoms with E-state index in [9.17, 15) is 0 Å². The first-order valence-corrected chi connectivity index (χ1v) is 9.57. The van der Waals surface area contributed by atoms with Gasteiger partial charge in [0.15, 0.2) is 11.6 Å². The molecule has 0 bridgehead atoms. The fraction of sp³-hybridized carbons (Fsp3) is 0.227. The lowest BCUT2D eigenvalue weighted by Gasteiger charge is -2.29. The van der Waals surface area contributed by atoms with E-state index in [1.54, 1.807) is 12.4 Å². The van der Waals surface area contributed by atoms with E-state index in [2.05, 4.69) is 75.6 Å². The van der Waals surface area contributed by atoms with Gasteiger partial charge in [0.2, 0.25) is 0 Å². The van der Waals surface area contributed by atoms with Crippen molar-refractivity contribution in [3.8, 4) is 5.69 Å². The third-order valence-corrected chi connectivity index (χ3v) is 6.06. The average Bonchev–Trinajstić information content (AvgIpc) is 3.32. The molecule has 0 N–H and O–H groups in total. The van der Waals surface area contributed by atoms with Crippen LogP contribution in [-0.2, 0) is 6.42 Å². The highest BCUT2D eigenvalue weighted by molar-refractivity contribution is 5.86. The topological polar surface area (TPSA) is 50.1 Å². The van der Waals surface area contributed by atoms with Crippen LogP contribution in [0.3, 0.4) is 0 Å². The predicted molar refractivity (Wildman–Crippen MR) is 111 cm³/mol. The third kappa shape index (κ3) is 1.84. The molecule has 0 aliphatic carbocycles. The van der Waals surface area contributed by atoms with Gasteiger partial charge in [-0.2, -0.15) is 0 Å². The fourth-order valence-corrected chi connectivity index (χ4v) is 4.65. The standard InChI is InChI=1S/C22H20N6/c1-13-8-9-17-15(12-19-25-16-6-4-5-7-18(16)28(17)19)20(13)27-14(2)26(3)21-22(27)24-11-10-23-21/h4-11,14H,12H2,1-3H3/t14-/m0/s1. The minimum absolute atomic E-state index is 0.146. The van der Waals surface area contributed by atoms with Crippen LogP contribution in [-0.4, -0.2) is 32.7 Å². The van der Waals surface area contributed by atoms with Gasteiger partial charge in [-0.15, -0.1) is 0 Å². The lowest BCUT2D eigenvalue weighted by Crippen LogP contribution is -2.36. The lowest BCUT2D eigenvalue weighted by molar-refractivity contribution is 0.724. The molecule has 0 saturated heterocycles. The molecule has 138 valence electrons. The van der Waals surface area contributed by atoms with Crippen LogP contribution >= 0.6 is 0 Å². The zero-order chi connectivity index (χ0) is 19.0. The van der Waals surface area contributed by atoms with Gasteiger partial charge in [-0.05, 0) is 37.6 Å². The van der Waals surface area contributed by atoms with Crippen molar-refractivity contribution in [1.29, 1.82) is 0 Å². The van der Waals surface area contributed by atoms with Crippen LogP contribution in [0.2, 0.25) is 0 Å². The number of fused-ring (bicyclic) bond motifs is 6. The Balaban J connectivity index is 1.60. The summed E-state index contributed by atoms with van der Waals surface area (Å²) in [5, 5.41) is 0. The van der Waals surface area contributed by atoms with Crippen LogP contribution in [0.1, 0.15) is 23.9 Å². The van der Waals surface area contributed by atoms with Gasteiger partial charge in [0, 0.05) is 31.4 Å². The predicted octanol–water partition coefficient (Wildman–Crippen LogP) is 3.96. The molecule has 2 aromatic heterocycles. The molecule has 28 heavy (non-hydrogen) atoms. The van der Waals surface area contributed by atoms with Crippen LogP contribution in [0.5, 0.6) is 0 Å². The number of anilines is 3. The number of aromatic nitrogens is 4. The van der Waals surface area contributed by atoms with Gasteiger partial charge in [0.1, 0.15) is 12.0 Å². The summed E-state index contributed by atoms with van der Waals surface area (Å²) in [5.41, 5.74) is 7.22. The Morgan fingerprint density at radius 3 is 2.64 bits per heavy atom. The van der Waals surface area contributed by atoms with E-state index in [4.69, 9.17) is 4.98 Å². The smallest absolute Gasteiger partial charge is 0.178 e. The Labute approximate surface area is 163 Å². The van der Waals surface area contributed by atoms with Crippen LogP contribution in [0.25, 0.3) is 16.7 Å². The Bertz CT molecular complexity index is 1260. The molecule has 0 saturated carbocycles. The van der Waals surface area contributed by atoms with E-state index >= 15 is 0 Å². The number of para-hydroxylation sites is 2. The number of nitrogens with zero attached hydrogens (tertiary/aromatic N) is 6. The molecule has 6 rings (SSSR count). The molecule has 1 atom stereocenters. The molecule has 0 fully saturated rings. The Morgan fingerprint density at radius 2 is 1.79 bits per heavy atom. The van der Waals surface area contributed by atoms with Crippen molar-refractivity contribution in [3.05, 3.63) is 65.7 Å². The monoisotopic (exact) mass is 368 g/mol. The first-order chi connectivity index (χ1) is 13.6. The number of hydrogen-bond acceptors (Lipinski definition) is 5. The van der Waals surface area contributed by atoms with Gasteiger partial charge >= 0.3 is 0 Å². The van der Waals surface area contributed by atoms with E-state index in [1.807, 2.05) is 6.07 Å². The molecule has 6 heteroatoms. The number of aryl methyl sites for hydroxylation is 1. The highest BCUT2D eigenvalue weighted by Crippen LogP contribution is 2.46. The van der Waals surface area contributed by atoms with Crippen molar-refractivity contribution in [2.75, 3.05) is 16.8 Å². The molecular formula is C22H20N6. The maximum absolute atomic E-state index is 4.89. The number of imidazole rings is 1. The van der Waals surface area contributed by atoms with Crippen LogP contribution in [0.4, 0.5) is 17.3 Å². The molecule has 2 aliphatic rings. The van der Waals surface area contributed by atoms with E-state index < -0.39 is 0 Å².